The molecule has 4 rings (SSSR count). The highest BCUT2D eigenvalue weighted by atomic mass is 32.2. The van der Waals surface area contributed by atoms with Crippen molar-refractivity contribution >= 4 is 29.2 Å². The lowest BCUT2D eigenvalue weighted by Crippen LogP contribution is -2.20. The molecule has 2 aromatic rings. The summed E-state index contributed by atoms with van der Waals surface area (Å²) in [5.41, 5.74) is 9.13. The van der Waals surface area contributed by atoms with Crippen molar-refractivity contribution in [2.45, 2.75) is 50.2 Å². The second-order valence-electron chi connectivity index (χ2n) is 7.60. The number of nitrogen functional groups attached to an aromatic ring is 1. The lowest BCUT2D eigenvalue weighted by atomic mass is 9.87. The van der Waals surface area contributed by atoms with Crippen LogP contribution in [0, 0.1) is 5.92 Å². The number of amides is 1. The molecule has 3 N–H and O–H groups in total. The molecule has 0 bridgehead atoms. The SMILES string of the molecule is Nc1ccc(-c2cnc(NC(=O)CC3CCCCC3)c(C3CC=CS3)n2)cc1. The number of anilines is 2. The predicted molar refractivity (Wildman–Crippen MR) is 116 cm³/mol. The first-order valence-corrected chi connectivity index (χ1v) is 11.0. The van der Waals surface area contributed by atoms with E-state index in [2.05, 4.69) is 21.8 Å². The third kappa shape index (κ3) is 4.55. The molecular weight excluding hydrogens is 368 g/mol. The highest BCUT2D eigenvalue weighted by Crippen LogP contribution is 2.40. The third-order valence-corrected chi connectivity index (χ3v) is 6.55. The molecule has 5 nitrogen and oxygen atoms in total. The molecule has 2 heterocycles. The van der Waals surface area contributed by atoms with Crippen LogP contribution in [0.15, 0.2) is 41.9 Å². The summed E-state index contributed by atoms with van der Waals surface area (Å²) in [7, 11) is 0. The van der Waals surface area contributed by atoms with Gasteiger partial charge in [-0.05, 0) is 42.7 Å². The number of nitrogens with two attached hydrogens (primary N) is 1. The fourth-order valence-electron chi connectivity index (χ4n) is 3.91. The number of thioether (sulfide) groups is 1. The van der Waals surface area contributed by atoms with Crippen molar-refractivity contribution in [3.63, 3.8) is 0 Å². The molecule has 2 aliphatic rings. The van der Waals surface area contributed by atoms with Crippen LogP contribution >= 0.6 is 11.8 Å². The number of hydrogen-bond donors (Lipinski definition) is 2. The van der Waals surface area contributed by atoms with Gasteiger partial charge in [-0.2, -0.15) is 0 Å². The zero-order chi connectivity index (χ0) is 19.3. The Morgan fingerprint density at radius 1 is 1.18 bits per heavy atom. The van der Waals surface area contributed by atoms with Gasteiger partial charge in [0, 0.05) is 17.7 Å². The Hall–Kier alpha value is -2.34. The molecule has 146 valence electrons. The monoisotopic (exact) mass is 394 g/mol. The lowest BCUT2D eigenvalue weighted by molar-refractivity contribution is -0.117. The van der Waals surface area contributed by atoms with E-state index in [-0.39, 0.29) is 11.2 Å². The molecule has 1 aliphatic carbocycles. The summed E-state index contributed by atoms with van der Waals surface area (Å²) in [6, 6.07) is 7.62. The molecule has 6 heteroatoms. The standard InChI is InChI=1S/C22H26N4OS/c23-17-10-8-16(9-11-17)18-14-24-22(21(25-18)19-7-4-12-28-19)26-20(27)13-15-5-2-1-3-6-15/h4,8-12,14-15,19H,1-3,5-7,13,23H2,(H,24,26,27). The fourth-order valence-corrected chi connectivity index (χ4v) is 4.84. The minimum absolute atomic E-state index is 0.0543. The molecule has 1 atom stereocenters. The van der Waals surface area contributed by atoms with Crippen molar-refractivity contribution in [1.82, 2.24) is 9.97 Å². The molecule has 1 saturated carbocycles. The van der Waals surface area contributed by atoms with Gasteiger partial charge in [0.05, 0.1) is 22.8 Å². The molecule has 1 aromatic carbocycles. The average Bonchev–Trinajstić information content (AvgIpc) is 3.24. The molecule has 1 fully saturated rings. The van der Waals surface area contributed by atoms with Crippen LogP contribution in [0.4, 0.5) is 11.5 Å². The summed E-state index contributed by atoms with van der Waals surface area (Å²) in [5, 5.41) is 5.33. The first kappa shape index (κ1) is 19.0. The van der Waals surface area contributed by atoms with E-state index in [1.807, 2.05) is 24.3 Å². The molecule has 0 spiro atoms. The largest absolute Gasteiger partial charge is 0.399 e. The van der Waals surface area contributed by atoms with Crippen molar-refractivity contribution in [2.75, 3.05) is 11.1 Å². The van der Waals surface area contributed by atoms with E-state index >= 15 is 0 Å². The first-order chi connectivity index (χ1) is 13.7. The van der Waals surface area contributed by atoms with Crippen molar-refractivity contribution in [3.8, 4) is 11.3 Å². The minimum atomic E-state index is 0.0543. The smallest absolute Gasteiger partial charge is 0.225 e. The van der Waals surface area contributed by atoms with Crippen molar-refractivity contribution in [2.24, 2.45) is 5.92 Å². The zero-order valence-electron chi connectivity index (χ0n) is 15.9. The number of benzene rings is 1. The number of aromatic nitrogens is 2. The topological polar surface area (TPSA) is 80.9 Å². The Labute approximate surface area is 170 Å². The first-order valence-electron chi connectivity index (χ1n) is 10.0. The van der Waals surface area contributed by atoms with Gasteiger partial charge in [-0.3, -0.25) is 4.79 Å². The number of carbonyl (C=O) groups is 1. The highest BCUT2D eigenvalue weighted by molar-refractivity contribution is 8.02. The number of carbonyl (C=O) groups excluding carboxylic acids is 1. The van der Waals surface area contributed by atoms with Gasteiger partial charge in [0.1, 0.15) is 0 Å². The van der Waals surface area contributed by atoms with Crippen LogP contribution in [0.3, 0.4) is 0 Å². The molecular formula is C22H26N4OS. The summed E-state index contributed by atoms with van der Waals surface area (Å²) >= 11 is 1.72. The van der Waals surface area contributed by atoms with Crippen molar-refractivity contribution in [3.05, 3.63) is 47.6 Å². The van der Waals surface area contributed by atoms with Gasteiger partial charge in [-0.1, -0.05) is 37.5 Å². The van der Waals surface area contributed by atoms with Crippen molar-refractivity contribution in [1.29, 1.82) is 0 Å². The van der Waals surface area contributed by atoms with Crippen LogP contribution in [0.25, 0.3) is 11.3 Å². The second-order valence-corrected chi connectivity index (χ2v) is 8.71. The van der Waals surface area contributed by atoms with Gasteiger partial charge in [-0.15, -0.1) is 11.8 Å². The molecule has 28 heavy (non-hydrogen) atoms. The summed E-state index contributed by atoms with van der Waals surface area (Å²) in [4.78, 5) is 22.1. The van der Waals surface area contributed by atoms with E-state index in [9.17, 15) is 4.79 Å². The van der Waals surface area contributed by atoms with Crippen LogP contribution in [0.1, 0.15) is 55.9 Å². The molecule has 1 aliphatic heterocycles. The van der Waals surface area contributed by atoms with Crippen LogP contribution in [-0.2, 0) is 4.79 Å². The molecule has 1 unspecified atom stereocenters. The Morgan fingerprint density at radius 3 is 2.68 bits per heavy atom. The van der Waals surface area contributed by atoms with Crippen LogP contribution in [0.5, 0.6) is 0 Å². The van der Waals surface area contributed by atoms with Crippen molar-refractivity contribution < 1.29 is 4.79 Å². The summed E-state index contributed by atoms with van der Waals surface area (Å²) in [6.07, 6.45) is 11.4. The van der Waals surface area contributed by atoms with Gasteiger partial charge in [0.25, 0.3) is 0 Å². The number of nitrogens with zero attached hydrogens (tertiary/aromatic N) is 2. The van der Waals surface area contributed by atoms with Crippen LogP contribution in [-0.4, -0.2) is 15.9 Å². The Balaban J connectivity index is 1.55. The zero-order valence-corrected chi connectivity index (χ0v) is 16.8. The third-order valence-electron chi connectivity index (χ3n) is 5.46. The van der Waals surface area contributed by atoms with Crippen LogP contribution in [0.2, 0.25) is 0 Å². The lowest BCUT2D eigenvalue weighted by Gasteiger charge is -2.21. The van der Waals surface area contributed by atoms with Gasteiger partial charge in [-0.25, -0.2) is 9.97 Å². The molecule has 0 saturated heterocycles. The quantitative estimate of drug-likeness (QED) is 0.670. The summed E-state index contributed by atoms with van der Waals surface area (Å²) in [5.74, 6) is 1.15. The summed E-state index contributed by atoms with van der Waals surface area (Å²) in [6.45, 7) is 0. The van der Waals surface area contributed by atoms with E-state index in [1.165, 1.54) is 19.3 Å². The van der Waals surface area contributed by atoms with Gasteiger partial charge >= 0.3 is 0 Å². The number of hydrogen-bond acceptors (Lipinski definition) is 5. The molecule has 1 aromatic heterocycles. The minimum Gasteiger partial charge on any atom is -0.399 e. The van der Waals surface area contributed by atoms with Gasteiger partial charge < -0.3 is 11.1 Å². The average molecular weight is 395 g/mol. The fraction of sp³-hybridized carbons (Fsp3) is 0.409. The Bertz CT molecular complexity index is 851. The molecule has 0 radical (unpaired) electrons. The maximum Gasteiger partial charge on any atom is 0.225 e. The Morgan fingerprint density at radius 2 is 1.96 bits per heavy atom. The van der Waals surface area contributed by atoms with E-state index in [0.717, 1.165) is 41.9 Å². The van der Waals surface area contributed by atoms with E-state index in [4.69, 9.17) is 10.7 Å². The number of rotatable bonds is 5. The number of allylic oxidation sites excluding steroid dienone is 1. The maximum atomic E-state index is 12.6. The van der Waals surface area contributed by atoms with E-state index < -0.39 is 0 Å². The van der Waals surface area contributed by atoms with Crippen LogP contribution < -0.4 is 11.1 Å². The van der Waals surface area contributed by atoms with Gasteiger partial charge in [0.2, 0.25) is 5.91 Å². The predicted octanol–water partition coefficient (Wildman–Crippen LogP) is 5.33. The normalized spacial score (nSPS) is 19.6. The number of nitrogens with one attached hydrogen (secondary N) is 1. The Kier molecular flexibility index (Phi) is 5.95. The second kappa shape index (κ2) is 8.78. The van der Waals surface area contributed by atoms with E-state index in [0.29, 0.717) is 18.2 Å². The molecule has 1 amide bonds. The van der Waals surface area contributed by atoms with E-state index in [1.54, 1.807) is 18.0 Å². The highest BCUT2D eigenvalue weighted by Gasteiger charge is 2.23. The summed E-state index contributed by atoms with van der Waals surface area (Å²) < 4.78 is 0. The van der Waals surface area contributed by atoms with Gasteiger partial charge in [0.15, 0.2) is 5.82 Å². The maximum absolute atomic E-state index is 12.6.